The van der Waals surface area contributed by atoms with Gasteiger partial charge < -0.3 is 10.1 Å². The summed E-state index contributed by atoms with van der Waals surface area (Å²) >= 11 is 0. The molecule has 0 bridgehead atoms. The predicted octanol–water partition coefficient (Wildman–Crippen LogP) is 2.08. The molecule has 0 aromatic carbocycles. The minimum atomic E-state index is 0.714. The molecule has 21 heavy (non-hydrogen) atoms. The molecule has 0 radical (unpaired) electrons. The fourth-order valence-electron chi connectivity index (χ4n) is 3.25. The molecule has 0 aliphatic heterocycles. The predicted molar refractivity (Wildman–Crippen MR) is 83.5 cm³/mol. The van der Waals surface area contributed by atoms with Gasteiger partial charge in [-0.25, -0.2) is 9.97 Å². The normalized spacial score (nSPS) is 21.3. The van der Waals surface area contributed by atoms with Crippen molar-refractivity contribution in [3.05, 3.63) is 22.8 Å². The van der Waals surface area contributed by atoms with Crippen LogP contribution >= 0.6 is 0 Å². The molecule has 1 saturated carbocycles. The maximum Gasteiger partial charge on any atom is 0.129 e. The number of aromatic nitrogens is 2. The van der Waals surface area contributed by atoms with E-state index in [9.17, 15) is 0 Å². The zero-order valence-corrected chi connectivity index (χ0v) is 13.3. The average molecular weight is 289 g/mol. The van der Waals surface area contributed by atoms with Gasteiger partial charge in [-0.05, 0) is 63.0 Å². The van der Waals surface area contributed by atoms with Gasteiger partial charge in [-0.2, -0.15) is 0 Å². The number of fused-ring (bicyclic) bond motifs is 1. The average Bonchev–Trinajstić information content (AvgIpc) is 3.28. The zero-order valence-electron chi connectivity index (χ0n) is 13.3. The lowest BCUT2D eigenvalue weighted by Crippen LogP contribution is -2.30. The summed E-state index contributed by atoms with van der Waals surface area (Å²) in [5.41, 5.74) is 3.96. The van der Waals surface area contributed by atoms with E-state index in [1.54, 1.807) is 7.11 Å². The van der Waals surface area contributed by atoms with Crippen LogP contribution in [0, 0.1) is 18.8 Å². The van der Waals surface area contributed by atoms with Crippen LogP contribution in [0.15, 0.2) is 0 Å². The Hall–Kier alpha value is -1.00. The Bertz CT molecular complexity index is 485. The first kappa shape index (κ1) is 14.9. The molecule has 1 atom stereocenters. The standard InChI is InChI=1S/C17H27N3O/c1-12-15-9-14(11-18-7-8-21-2)5-6-16(15)20-17(19-12)10-13-3-4-13/h13-14,18H,3-11H2,1-2H3. The minimum absolute atomic E-state index is 0.714. The van der Waals surface area contributed by atoms with E-state index in [0.29, 0.717) is 5.92 Å². The van der Waals surface area contributed by atoms with E-state index in [1.165, 1.54) is 36.2 Å². The lowest BCUT2D eigenvalue weighted by Gasteiger charge is -2.25. The summed E-state index contributed by atoms with van der Waals surface area (Å²) in [4.78, 5) is 9.61. The van der Waals surface area contributed by atoms with Gasteiger partial charge in [0.25, 0.3) is 0 Å². The third kappa shape index (κ3) is 4.01. The van der Waals surface area contributed by atoms with Gasteiger partial charge in [0.2, 0.25) is 0 Å². The molecule has 0 saturated heterocycles. The first-order valence-corrected chi connectivity index (χ1v) is 8.31. The van der Waals surface area contributed by atoms with E-state index < -0.39 is 0 Å². The molecule has 0 spiro atoms. The van der Waals surface area contributed by atoms with Crippen molar-refractivity contribution in [1.82, 2.24) is 15.3 Å². The number of aryl methyl sites for hydroxylation is 2. The fourth-order valence-corrected chi connectivity index (χ4v) is 3.25. The van der Waals surface area contributed by atoms with Crippen molar-refractivity contribution >= 4 is 0 Å². The molecule has 1 aromatic heterocycles. The van der Waals surface area contributed by atoms with E-state index in [-0.39, 0.29) is 0 Å². The summed E-state index contributed by atoms with van der Waals surface area (Å²) in [5, 5.41) is 3.49. The van der Waals surface area contributed by atoms with Crippen LogP contribution in [0.5, 0.6) is 0 Å². The quantitative estimate of drug-likeness (QED) is 0.781. The summed E-state index contributed by atoms with van der Waals surface area (Å²) in [7, 11) is 1.75. The van der Waals surface area contributed by atoms with Crippen molar-refractivity contribution in [3.8, 4) is 0 Å². The Morgan fingerprint density at radius 3 is 2.81 bits per heavy atom. The van der Waals surface area contributed by atoms with Gasteiger partial charge in [0.1, 0.15) is 5.82 Å². The van der Waals surface area contributed by atoms with Crippen molar-refractivity contribution in [2.45, 2.75) is 45.4 Å². The monoisotopic (exact) mass is 289 g/mol. The lowest BCUT2D eigenvalue weighted by molar-refractivity contribution is 0.197. The van der Waals surface area contributed by atoms with Gasteiger partial charge in [0.05, 0.1) is 6.61 Å². The van der Waals surface area contributed by atoms with E-state index in [1.807, 2.05) is 0 Å². The highest BCUT2D eigenvalue weighted by Crippen LogP contribution is 2.33. The minimum Gasteiger partial charge on any atom is -0.383 e. The van der Waals surface area contributed by atoms with Crippen LogP contribution in [-0.4, -0.2) is 36.8 Å². The zero-order chi connectivity index (χ0) is 14.7. The number of nitrogens with one attached hydrogen (secondary N) is 1. The van der Waals surface area contributed by atoms with E-state index in [4.69, 9.17) is 14.7 Å². The van der Waals surface area contributed by atoms with E-state index in [2.05, 4.69) is 12.2 Å². The molecule has 3 rings (SSSR count). The summed E-state index contributed by atoms with van der Waals surface area (Å²) in [6.45, 7) is 4.97. The molecule has 116 valence electrons. The Balaban J connectivity index is 1.59. The first-order valence-electron chi connectivity index (χ1n) is 8.31. The van der Waals surface area contributed by atoms with Crippen molar-refractivity contribution in [2.75, 3.05) is 26.8 Å². The first-order chi connectivity index (χ1) is 10.3. The largest absolute Gasteiger partial charge is 0.383 e. The number of hydrogen-bond donors (Lipinski definition) is 1. The third-order valence-corrected chi connectivity index (χ3v) is 4.71. The molecular formula is C17H27N3O. The van der Waals surface area contributed by atoms with Gasteiger partial charge in [0.15, 0.2) is 0 Å². The smallest absolute Gasteiger partial charge is 0.129 e. The van der Waals surface area contributed by atoms with Gasteiger partial charge in [-0.15, -0.1) is 0 Å². The number of ether oxygens (including phenoxy) is 1. The van der Waals surface area contributed by atoms with Crippen molar-refractivity contribution in [3.63, 3.8) is 0 Å². The van der Waals surface area contributed by atoms with Gasteiger partial charge in [0, 0.05) is 31.5 Å². The number of rotatable bonds is 7. The van der Waals surface area contributed by atoms with E-state index in [0.717, 1.165) is 50.7 Å². The lowest BCUT2D eigenvalue weighted by atomic mass is 9.85. The summed E-state index contributed by atoms with van der Waals surface area (Å²) < 4.78 is 5.07. The topological polar surface area (TPSA) is 47.0 Å². The number of methoxy groups -OCH3 is 1. The fraction of sp³-hybridized carbons (Fsp3) is 0.765. The highest BCUT2D eigenvalue weighted by Gasteiger charge is 2.26. The van der Waals surface area contributed by atoms with Gasteiger partial charge in [-0.1, -0.05) is 0 Å². The summed E-state index contributed by atoms with van der Waals surface area (Å²) in [6, 6.07) is 0. The molecule has 4 heteroatoms. The maximum atomic E-state index is 5.07. The third-order valence-electron chi connectivity index (χ3n) is 4.71. The molecule has 2 aliphatic rings. The summed E-state index contributed by atoms with van der Waals surface area (Å²) in [6.07, 6.45) is 7.32. The van der Waals surface area contributed by atoms with Crippen molar-refractivity contribution in [1.29, 1.82) is 0 Å². The highest BCUT2D eigenvalue weighted by molar-refractivity contribution is 5.28. The molecule has 4 nitrogen and oxygen atoms in total. The van der Waals surface area contributed by atoms with Gasteiger partial charge in [-0.3, -0.25) is 0 Å². The van der Waals surface area contributed by atoms with Crippen LogP contribution in [0.2, 0.25) is 0 Å². The number of hydrogen-bond acceptors (Lipinski definition) is 4. The van der Waals surface area contributed by atoms with Crippen LogP contribution in [-0.2, 0) is 24.0 Å². The Morgan fingerprint density at radius 1 is 1.19 bits per heavy atom. The van der Waals surface area contributed by atoms with Gasteiger partial charge >= 0.3 is 0 Å². The molecule has 1 aromatic rings. The second kappa shape index (κ2) is 6.84. The SMILES string of the molecule is COCCNCC1CCc2nc(CC3CC3)nc(C)c2C1. The molecular weight excluding hydrogens is 262 g/mol. The molecule has 1 N–H and O–H groups in total. The Morgan fingerprint density at radius 2 is 2.05 bits per heavy atom. The van der Waals surface area contributed by atoms with E-state index >= 15 is 0 Å². The summed E-state index contributed by atoms with van der Waals surface area (Å²) in [5.74, 6) is 2.67. The van der Waals surface area contributed by atoms with Crippen LogP contribution in [0.4, 0.5) is 0 Å². The molecule has 2 aliphatic carbocycles. The molecule has 1 heterocycles. The highest BCUT2D eigenvalue weighted by atomic mass is 16.5. The Labute approximate surface area is 127 Å². The second-order valence-electron chi connectivity index (χ2n) is 6.60. The van der Waals surface area contributed by atoms with Crippen molar-refractivity contribution in [2.24, 2.45) is 11.8 Å². The molecule has 1 fully saturated rings. The maximum absolute atomic E-state index is 5.07. The van der Waals surface area contributed by atoms with Crippen LogP contribution < -0.4 is 5.32 Å². The molecule has 0 amide bonds. The van der Waals surface area contributed by atoms with Crippen molar-refractivity contribution < 1.29 is 4.74 Å². The van der Waals surface area contributed by atoms with Crippen LogP contribution in [0.3, 0.4) is 0 Å². The molecule has 1 unspecified atom stereocenters. The number of nitrogens with zero attached hydrogens (tertiary/aromatic N) is 2. The van der Waals surface area contributed by atoms with Crippen LogP contribution in [0.25, 0.3) is 0 Å². The Kier molecular flexibility index (Phi) is 4.86. The van der Waals surface area contributed by atoms with Crippen LogP contribution in [0.1, 0.15) is 42.0 Å². The second-order valence-corrected chi connectivity index (χ2v) is 6.60.